The Labute approximate surface area is 211 Å². The van der Waals surface area contributed by atoms with E-state index in [1.54, 1.807) is 12.1 Å². The lowest BCUT2D eigenvalue weighted by Crippen LogP contribution is -2.33. The highest BCUT2D eigenvalue weighted by Gasteiger charge is 2.60. The molecule has 1 aliphatic heterocycles. The van der Waals surface area contributed by atoms with Gasteiger partial charge in [0.05, 0.1) is 23.1 Å². The predicted octanol–water partition coefficient (Wildman–Crippen LogP) is 4.56. The van der Waals surface area contributed by atoms with E-state index in [1.807, 2.05) is 32.9 Å². The lowest BCUT2D eigenvalue weighted by Gasteiger charge is -2.19. The lowest BCUT2D eigenvalue weighted by molar-refractivity contribution is -0.123. The Bertz CT molecular complexity index is 1320. The normalized spacial score (nSPS) is 24.5. The van der Waals surface area contributed by atoms with E-state index in [0.717, 1.165) is 22.0 Å². The molecule has 2 fully saturated rings. The number of amides is 3. The molecule has 3 aliphatic rings. The summed E-state index contributed by atoms with van der Waals surface area (Å²) in [6, 6.07) is 9.99. The van der Waals surface area contributed by atoms with Gasteiger partial charge in [-0.25, -0.2) is 9.69 Å². The molecule has 5 rings (SSSR count). The van der Waals surface area contributed by atoms with Crippen molar-refractivity contribution in [3.63, 3.8) is 0 Å². The Hall–Kier alpha value is -3.26. The van der Waals surface area contributed by atoms with Gasteiger partial charge in [-0.15, -0.1) is 0 Å². The number of rotatable bonds is 5. The van der Waals surface area contributed by atoms with Crippen LogP contribution in [-0.4, -0.2) is 30.3 Å². The predicted molar refractivity (Wildman–Crippen MR) is 134 cm³/mol. The quantitative estimate of drug-likeness (QED) is 0.343. The molecule has 2 aromatic rings. The Morgan fingerprint density at radius 3 is 2.57 bits per heavy atom. The first kappa shape index (κ1) is 23.5. The van der Waals surface area contributed by atoms with Crippen LogP contribution < -0.4 is 10.2 Å². The average molecular weight is 537 g/mol. The van der Waals surface area contributed by atoms with E-state index in [2.05, 4.69) is 27.3 Å². The molecule has 2 aromatic carbocycles. The fraction of sp³-hybridized carbons (Fsp3) is 0.333. The van der Waals surface area contributed by atoms with Gasteiger partial charge in [0.25, 0.3) is 5.91 Å². The summed E-state index contributed by atoms with van der Waals surface area (Å²) in [5.41, 5.74) is 4.19. The maximum absolute atomic E-state index is 13.2. The van der Waals surface area contributed by atoms with Crippen LogP contribution in [0.1, 0.15) is 34.8 Å². The van der Waals surface area contributed by atoms with Crippen LogP contribution in [0.3, 0.4) is 0 Å². The van der Waals surface area contributed by atoms with Crippen LogP contribution in [0.5, 0.6) is 0 Å². The smallest absolute Gasteiger partial charge is 0.338 e. The second-order valence-electron chi connectivity index (χ2n) is 9.57. The van der Waals surface area contributed by atoms with Crippen molar-refractivity contribution in [3.8, 4) is 0 Å². The largest absolute Gasteiger partial charge is 0.452 e. The molecular weight excluding hydrogens is 512 g/mol. The first-order chi connectivity index (χ1) is 16.7. The van der Waals surface area contributed by atoms with Gasteiger partial charge in [0.1, 0.15) is 0 Å². The third-order valence-electron chi connectivity index (χ3n) is 7.33. The van der Waals surface area contributed by atoms with Gasteiger partial charge in [0, 0.05) is 10.2 Å². The third kappa shape index (κ3) is 3.99. The van der Waals surface area contributed by atoms with E-state index in [9.17, 15) is 19.2 Å². The highest BCUT2D eigenvalue weighted by atomic mass is 79.9. The zero-order valence-corrected chi connectivity index (χ0v) is 21.2. The number of esters is 1. The van der Waals surface area contributed by atoms with E-state index < -0.39 is 18.5 Å². The fourth-order valence-electron chi connectivity index (χ4n) is 5.62. The second-order valence-corrected chi connectivity index (χ2v) is 10.4. The highest BCUT2D eigenvalue weighted by molar-refractivity contribution is 9.10. The topological polar surface area (TPSA) is 92.8 Å². The van der Waals surface area contributed by atoms with Crippen LogP contribution in [0, 0.1) is 37.5 Å². The number of imide groups is 1. The Kier molecular flexibility index (Phi) is 5.87. The summed E-state index contributed by atoms with van der Waals surface area (Å²) in [5, 5.41) is 2.75. The summed E-state index contributed by atoms with van der Waals surface area (Å²) >= 11 is 3.45. The van der Waals surface area contributed by atoms with Crippen molar-refractivity contribution in [1.29, 1.82) is 0 Å². The number of aryl methyl sites for hydroxylation is 2. The van der Waals surface area contributed by atoms with Gasteiger partial charge in [0.15, 0.2) is 6.61 Å². The molecule has 1 N–H and O–H groups in total. The maximum atomic E-state index is 13.2. The standard InChI is InChI=1S/C27H25BrN2O5/c1-13-7-17-11-19(13)24-23(17)25(32)30(26(24)33)18-6-4-5-16(10-18)27(34)35-12-22(31)29-21-9-14(2)20(28)8-15(21)3/h4-10,17,19,23-24H,11-12H2,1-3H3,(H,29,31)/t17-,19+,23-,24-/m0/s1. The fourth-order valence-corrected chi connectivity index (χ4v) is 6.07. The highest BCUT2D eigenvalue weighted by Crippen LogP contribution is 2.55. The van der Waals surface area contributed by atoms with Crippen molar-refractivity contribution in [3.05, 3.63) is 69.2 Å². The third-order valence-corrected chi connectivity index (χ3v) is 8.19. The molecule has 1 saturated heterocycles. The van der Waals surface area contributed by atoms with E-state index in [4.69, 9.17) is 4.74 Å². The van der Waals surface area contributed by atoms with Gasteiger partial charge in [-0.2, -0.15) is 0 Å². The molecule has 0 radical (unpaired) electrons. The first-order valence-electron chi connectivity index (χ1n) is 11.6. The number of anilines is 2. The average Bonchev–Trinajstić information content (AvgIpc) is 3.46. The summed E-state index contributed by atoms with van der Waals surface area (Å²) in [6.07, 6.45) is 2.98. The van der Waals surface area contributed by atoms with Crippen LogP contribution in [0.15, 0.2) is 52.5 Å². The minimum atomic E-state index is -0.706. The number of carbonyl (C=O) groups is 4. The molecule has 0 spiro atoms. The number of benzene rings is 2. The van der Waals surface area contributed by atoms with E-state index in [-0.39, 0.29) is 41.0 Å². The van der Waals surface area contributed by atoms with E-state index in [1.165, 1.54) is 22.6 Å². The van der Waals surface area contributed by atoms with Gasteiger partial charge in [-0.3, -0.25) is 14.4 Å². The number of hydrogen-bond acceptors (Lipinski definition) is 5. The number of ether oxygens (including phenoxy) is 1. The van der Waals surface area contributed by atoms with Crippen LogP contribution in [0.4, 0.5) is 11.4 Å². The lowest BCUT2D eigenvalue weighted by atomic mass is 9.82. The molecule has 8 heteroatoms. The summed E-state index contributed by atoms with van der Waals surface area (Å²) in [7, 11) is 0. The molecule has 1 saturated carbocycles. The van der Waals surface area contributed by atoms with Crippen LogP contribution in [-0.2, 0) is 19.1 Å². The van der Waals surface area contributed by atoms with Crippen molar-refractivity contribution in [2.75, 3.05) is 16.8 Å². The van der Waals surface area contributed by atoms with Gasteiger partial charge < -0.3 is 10.1 Å². The summed E-state index contributed by atoms with van der Waals surface area (Å²) in [4.78, 5) is 52.5. The molecular formula is C27H25BrN2O5. The maximum Gasteiger partial charge on any atom is 0.338 e. The molecule has 3 amide bonds. The Balaban J connectivity index is 1.25. The van der Waals surface area contributed by atoms with Gasteiger partial charge in [-0.1, -0.05) is 33.6 Å². The van der Waals surface area contributed by atoms with E-state index >= 15 is 0 Å². The van der Waals surface area contributed by atoms with Gasteiger partial charge in [0.2, 0.25) is 11.8 Å². The number of carbonyl (C=O) groups excluding carboxylic acids is 4. The molecule has 0 aromatic heterocycles. The minimum absolute atomic E-state index is 0.108. The summed E-state index contributed by atoms with van der Waals surface area (Å²) < 4.78 is 6.14. The molecule has 35 heavy (non-hydrogen) atoms. The van der Waals surface area contributed by atoms with Crippen molar-refractivity contribution in [2.45, 2.75) is 27.2 Å². The summed E-state index contributed by atoms with van der Waals surface area (Å²) in [6.45, 7) is 5.35. The Morgan fingerprint density at radius 1 is 1.06 bits per heavy atom. The molecule has 2 bridgehead atoms. The minimum Gasteiger partial charge on any atom is -0.452 e. The van der Waals surface area contributed by atoms with Crippen LogP contribution in [0.2, 0.25) is 0 Å². The SMILES string of the molecule is CC1=C[C@H]2C[C@H]1[C@@H]1C(=O)N(c3cccc(C(=O)OCC(=O)Nc4cc(C)c(Br)cc4C)c3)C(=O)[C@H]12. The zero-order chi connectivity index (χ0) is 25.0. The van der Waals surface area contributed by atoms with Crippen molar-refractivity contribution in [2.24, 2.45) is 23.7 Å². The molecule has 1 heterocycles. The molecule has 0 unspecified atom stereocenters. The van der Waals surface area contributed by atoms with Crippen molar-refractivity contribution < 1.29 is 23.9 Å². The number of nitrogens with zero attached hydrogens (tertiary/aromatic N) is 1. The number of halogens is 1. The first-order valence-corrected chi connectivity index (χ1v) is 12.3. The number of hydrogen-bond donors (Lipinski definition) is 1. The zero-order valence-electron chi connectivity index (χ0n) is 19.6. The monoisotopic (exact) mass is 536 g/mol. The van der Waals surface area contributed by atoms with Gasteiger partial charge >= 0.3 is 5.97 Å². The molecule has 2 aliphatic carbocycles. The number of nitrogens with one attached hydrogen (secondary N) is 1. The summed E-state index contributed by atoms with van der Waals surface area (Å²) in [5.74, 6) is -1.99. The van der Waals surface area contributed by atoms with Crippen LogP contribution in [0.25, 0.3) is 0 Å². The Morgan fingerprint density at radius 2 is 1.80 bits per heavy atom. The number of fused-ring (bicyclic) bond motifs is 5. The van der Waals surface area contributed by atoms with Gasteiger partial charge in [-0.05, 0) is 80.5 Å². The van der Waals surface area contributed by atoms with Crippen molar-refractivity contribution in [1.82, 2.24) is 0 Å². The molecule has 4 atom stereocenters. The molecule has 180 valence electrons. The second kappa shape index (κ2) is 8.75. The molecule has 7 nitrogen and oxygen atoms in total. The number of allylic oxidation sites excluding steroid dienone is 2. The van der Waals surface area contributed by atoms with E-state index in [0.29, 0.717) is 11.4 Å². The van der Waals surface area contributed by atoms with Crippen LogP contribution >= 0.6 is 15.9 Å². The van der Waals surface area contributed by atoms with Crippen molar-refractivity contribution >= 4 is 51.0 Å².